The number of methoxy groups -OCH3 is 1. The Labute approximate surface area is 137 Å². The molecule has 0 bridgehead atoms. The Bertz CT molecular complexity index is 612. The molecule has 22 heavy (non-hydrogen) atoms. The van der Waals surface area contributed by atoms with E-state index in [0.717, 1.165) is 18.9 Å². The third kappa shape index (κ3) is 3.71. The molecule has 5 nitrogen and oxygen atoms in total. The van der Waals surface area contributed by atoms with Crippen LogP contribution in [0.4, 0.5) is 4.39 Å². The molecule has 0 radical (unpaired) electrons. The topological polar surface area (TPSA) is 72.6 Å². The summed E-state index contributed by atoms with van der Waals surface area (Å²) in [5.41, 5.74) is 5.71. The molecule has 0 aromatic heterocycles. The van der Waals surface area contributed by atoms with Crippen molar-refractivity contribution < 1.29 is 17.5 Å². The SMILES string of the molecule is COc1ccc(S(=O)(=O)N2CCC(C)CC2CN)cc1F.Cl. The molecule has 0 spiro atoms. The number of hydrogen-bond acceptors (Lipinski definition) is 4. The van der Waals surface area contributed by atoms with Crippen LogP contribution < -0.4 is 10.5 Å². The van der Waals surface area contributed by atoms with Gasteiger partial charge in [-0.2, -0.15) is 4.31 Å². The van der Waals surface area contributed by atoms with Gasteiger partial charge in [-0.3, -0.25) is 0 Å². The number of nitrogens with zero attached hydrogens (tertiary/aromatic N) is 1. The largest absolute Gasteiger partial charge is 0.494 e. The highest BCUT2D eigenvalue weighted by Gasteiger charge is 2.35. The van der Waals surface area contributed by atoms with E-state index in [0.29, 0.717) is 12.5 Å². The molecule has 2 rings (SSSR count). The molecule has 2 N–H and O–H groups in total. The molecular formula is C14H22ClFN2O3S. The van der Waals surface area contributed by atoms with Crippen molar-refractivity contribution >= 4 is 22.4 Å². The third-order valence-electron chi connectivity index (χ3n) is 3.93. The van der Waals surface area contributed by atoms with Crippen molar-refractivity contribution in [1.29, 1.82) is 0 Å². The van der Waals surface area contributed by atoms with Gasteiger partial charge in [0.1, 0.15) is 0 Å². The number of benzene rings is 1. The lowest BCUT2D eigenvalue weighted by molar-refractivity contribution is 0.211. The van der Waals surface area contributed by atoms with Crippen LogP contribution in [0.1, 0.15) is 19.8 Å². The van der Waals surface area contributed by atoms with Crippen LogP contribution in [0.15, 0.2) is 23.1 Å². The standard InChI is InChI=1S/C14H21FN2O3S.ClH/c1-10-5-6-17(11(7-10)9-16)21(18,19)12-3-4-14(20-2)13(15)8-12;/h3-4,8,10-11H,5-7,9,16H2,1-2H3;1H. The van der Waals surface area contributed by atoms with Gasteiger partial charge in [-0.15, -0.1) is 12.4 Å². The first kappa shape index (κ1) is 19.2. The Hall–Kier alpha value is -0.890. The van der Waals surface area contributed by atoms with E-state index in [1.165, 1.54) is 23.5 Å². The van der Waals surface area contributed by atoms with Gasteiger partial charge in [-0.1, -0.05) is 6.92 Å². The van der Waals surface area contributed by atoms with Crippen molar-refractivity contribution in [2.24, 2.45) is 11.7 Å². The predicted octanol–water partition coefficient (Wildman–Crippen LogP) is 2.00. The fourth-order valence-corrected chi connectivity index (χ4v) is 4.38. The van der Waals surface area contributed by atoms with Gasteiger partial charge in [0.15, 0.2) is 11.6 Å². The zero-order valence-electron chi connectivity index (χ0n) is 12.7. The zero-order valence-corrected chi connectivity index (χ0v) is 14.3. The van der Waals surface area contributed by atoms with E-state index in [9.17, 15) is 12.8 Å². The summed E-state index contributed by atoms with van der Waals surface area (Å²) in [6.45, 7) is 2.76. The van der Waals surface area contributed by atoms with E-state index < -0.39 is 15.8 Å². The van der Waals surface area contributed by atoms with Gasteiger partial charge in [0.2, 0.25) is 10.0 Å². The summed E-state index contributed by atoms with van der Waals surface area (Å²) in [7, 11) is -2.40. The molecule has 0 saturated carbocycles. The van der Waals surface area contributed by atoms with Crippen molar-refractivity contribution in [2.75, 3.05) is 20.2 Å². The smallest absolute Gasteiger partial charge is 0.243 e. The van der Waals surface area contributed by atoms with E-state index >= 15 is 0 Å². The quantitative estimate of drug-likeness (QED) is 0.899. The van der Waals surface area contributed by atoms with E-state index in [-0.39, 0.29) is 35.6 Å². The van der Waals surface area contributed by atoms with Gasteiger partial charge in [0, 0.05) is 19.1 Å². The lowest BCUT2D eigenvalue weighted by atomic mass is 9.94. The molecule has 1 aromatic carbocycles. The van der Waals surface area contributed by atoms with Crippen molar-refractivity contribution in [2.45, 2.75) is 30.7 Å². The normalized spacial score (nSPS) is 22.9. The van der Waals surface area contributed by atoms with Crippen LogP contribution in [0.2, 0.25) is 0 Å². The van der Waals surface area contributed by atoms with Gasteiger partial charge in [-0.05, 0) is 37.0 Å². The summed E-state index contributed by atoms with van der Waals surface area (Å²) >= 11 is 0. The maximum absolute atomic E-state index is 13.8. The molecule has 0 amide bonds. The summed E-state index contributed by atoms with van der Waals surface area (Å²) in [6, 6.07) is 3.46. The second-order valence-electron chi connectivity index (χ2n) is 5.43. The van der Waals surface area contributed by atoms with Crippen LogP contribution in [-0.2, 0) is 10.0 Å². The number of halogens is 2. The maximum atomic E-state index is 13.8. The molecule has 0 aliphatic carbocycles. The summed E-state index contributed by atoms with van der Waals surface area (Å²) in [5, 5.41) is 0. The maximum Gasteiger partial charge on any atom is 0.243 e. The number of nitrogens with two attached hydrogens (primary N) is 1. The number of rotatable bonds is 4. The average molecular weight is 353 g/mol. The molecule has 2 atom stereocenters. The third-order valence-corrected chi connectivity index (χ3v) is 5.87. The van der Waals surface area contributed by atoms with Crippen molar-refractivity contribution in [1.82, 2.24) is 4.31 Å². The minimum absolute atomic E-state index is 0. The Kier molecular flexibility index (Phi) is 6.61. The summed E-state index contributed by atoms with van der Waals surface area (Å²) in [4.78, 5) is -0.0613. The molecule has 126 valence electrons. The minimum Gasteiger partial charge on any atom is -0.494 e. The second kappa shape index (κ2) is 7.59. The van der Waals surface area contributed by atoms with Gasteiger partial charge in [0.25, 0.3) is 0 Å². The van der Waals surface area contributed by atoms with Crippen LogP contribution in [0, 0.1) is 11.7 Å². The molecular weight excluding hydrogens is 331 g/mol. The van der Waals surface area contributed by atoms with Gasteiger partial charge < -0.3 is 10.5 Å². The average Bonchev–Trinajstić information content (AvgIpc) is 2.46. The van der Waals surface area contributed by atoms with E-state index in [1.807, 2.05) is 0 Å². The van der Waals surface area contributed by atoms with Gasteiger partial charge in [0.05, 0.1) is 12.0 Å². The molecule has 1 fully saturated rings. The van der Waals surface area contributed by atoms with E-state index in [4.69, 9.17) is 10.5 Å². The van der Waals surface area contributed by atoms with Crippen LogP contribution in [0.3, 0.4) is 0 Å². The molecule has 1 heterocycles. The monoisotopic (exact) mass is 352 g/mol. The highest BCUT2D eigenvalue weighted by Crippen LogP contribution is 2.29. The van der Waals surface area contributed by atoms with Crippen LogP contribution in [-0.4, -0.2) is 39.0 Å². The molecule has 1 aliphatic rings. The predicted molar refractivity (Wildman–Crippen MR) is 85.3 cm³/mol. The summed E-state index contributed by atoms with van der Waals surface area (Å²) in [6.07, 6.45) is 1.52. The first-order valence-corrected chi connectivity index (χ1v) is 8.39. The molecule has 1 aliphatic heterocycles. The lowest BCUT2D eigenvalue weighted by Gasteiger charge is -2.36. The summed E-state index contributed by atoms with van der Waals surface area (Å²) < 4.78 is 45.3. The lowest BCUT2D eigenvalue weighted by Crippen LogP contribution is -2.49. The first-order chi connectivity index (χ1) is 9.90. The summed E-state index contributed by atoms with van der Waals surface area (Å²) in [5.74, 6) is -0.220. The fraction of sp³-hybridized carbons (Fsp3) is 0.571. The van der Waals surface area contributed by atoms with Gasteiger partial charge in [-0.25, -0.2) is 12.8 Å². The van der Waals surface area contributed by atoms with Crippen LogP contribution in [0.25, 0.3) is 0 Å². The Morgan fingerprint density at radius 1 is 1.45 bits per heavy atom. The Morgan fingerprint density at radius 2 is 2.14 bits per heavy atom. The first-order valence-electron chi connectivity index (χ1n) is 6.95. The second-order valence-corrected chi connectivity index (χ2v) is 7.32. The van der Waals surface area contributed by atoms with Crippen LogP contribution >= 0.6 is 12.4 Å². The Balaban J connectivity index is 0.00000242. The highest BCUT2D eigenvalue weighted by atomic mass is 35.5. The van der Waals surface area contributed by atoms with Gasteiger partial charge >= 0.3 is 0 Å². The fourth-order valence-electron chi connectivity index (χ4n) is 2.70. The van der Waals surface area contributed by atoms with Crippen molar-refractivity contribution in [3.8, 4) is 5.75 Å². The van der Waals surface area contributed by atoms with Crippen LogP contribution in [0.5, 0.6) is 5.75 Å². The zero-order chi connectivity index (χ0) is 15.6. The minimum atomic E-state index is -3.74. The van der Waals surface area contributed by atoms with Crippen molar-refractivity contribution in [3.63, 3.8) is 0 Å². The number of ether oxygens (including phenoxy) is 1. The van der Waals surface area contributed by atoms with E-state index in [2.05, 4.69) is 6.92 Å². The highest BCUT2D eigenvalue weighted by molar-refractivity contribution is 7.89. The molecule has 1 aromatic rings. The Morgan fingerprint density at radius 3 is 2.68 bits per heavy atom. The molecule has 2 unspecified atom stereocenters. The molecule has 1 saturated heterocycles. The number of hydrogen-bond donors (Lipinski definition) is 1. The van der Waals surface area contributed by atoms with Crippen molar-refractivity contribution in [3.05, 3.63) is 24.0 Å². The van der Waals surface area contributed by atoms with E-state index in [1.54, 1.807) is 0 Å². The number of piperidine rings is 1. The number of sulfonamides is 1. The molecule has 8 heteroatoms.